The first kappa shape index (κ1) is 19.1. The van der Waals surface area contributed by atoms with Gasteiger partial charge in [-0.1, -0.05) is 42.1 Å². The van der Waals surface area contributed by atoms with E-state index in [2.05, 4.69) is 15.3 Å². The predicted molar refractivity (Wildman–Crippen MR) is 108 cm³/mol. The van der Waals surface area contributed by atoms with E-state index in [0.717, 1.165) is 11.3 Å². The Labute approximate surface area is 171 Å². The van der Waals surface area contributed by atoms with E-state index in [-0.39, 0.29) is 11.3 Å². The molecule has 4 rings (SSSR count). The maximum Gasteiger partial charge on any atom is 0.249 e. The summed E-state index contributed by atoms with van der Waals surface area (Å²) in [6, 6.07) is 10.1. The minimum absolute atomic E-state index is 0.247. The van der Waals surface area contributed by atoms with Gasteiger partial charge in [0, 0.05) is 16.4 Å². The number of hydrogen-bond donors (Lipinski definition) is 1. The van der Waals surface area contributed by atoms with Gasteiger partial charge in [-0.2, -0.15) is 0 Å². The highest BCUT2D eigenvalue weighted by atomic mass is 32.2. The molecule has 28 heavy (non-hydrogen) atoms. The van der Waals surface area contributed by atoms with Crippen molar-refractivity contribution in [3.63, 3.8) is 0 Å². The largest absolute Gasteiger partial charge is 0.548 e. The molecule has 9 heteroatoms. The number of carboxylic acid groups (broad SMARTS) is 1. The quantitative estimate of drug-likeness (QED) is 0.445. The zero-order valence-electron chi connectivity index (χ0n) is 15.6. The molecule has 1 N–H and O–H groups in total. The molecular formula is C19H19N4O3S2-. The number of anilines is 1. The lowest BCUT2D eigenvalue weighted by atomic mass is 9.96. The summed E-state index contributed by atoms with van der Waals surface area (Å²) in [5, 5.41) is 15.1. The third-order valence-corrected chi connectivity index (χ3v) is 7.04. The van der Waals surface area contributed by atoms with Crippen LogP contribution in [0.5, 0.6) is 0 Å². The molecule has 0 saturated carbocycles. The van der Waals surface area contributed by atoms with Crippen molar-refractivity contribution >= 4 is 41.2 Å². The summed E-state index contributed by atoms with van der Waals surface area (Å²) in [5.41, 5.74) is 1.72. The van der Waals surface area contributed by atoms with Crippen LogP contribution in [0.2, 0.25) is 0 Å². The molecule has 2 aromatic rings. The average Bonchev–Trinajstić information content (AvgIpc) is 2.94. The molecule has 0 bridgehead atoms. The second-order valence-corrected chi connectivity index (χ2v) is 9.74. The third kappa shape index (κ3) is 3.12. The van der Waals surface area contributed by atoms with Crippen molar-refractivity contribution in [2.24, 2.45) is 0 Å². The zero-order chi connectivity index (χ0) is 20.1. The highest BCUT2D eigenvalue weighted by Gasteiger charge is 2.61. The summed E-state index contributed by atoms with van der Waals surface area (Å²) in [6.07, 6.45) is 1.89. The molecular weight excluding hydrogens is 396 g/mol. The van der Waals surface area contributed by atoms with E-state index in [1.54, 1.807) is 0 Å². The number of fused-ring (bicyclic) bond motifs is 1. The van der Waals surface area contributed by atoms with E-state index >= 15 is 0 Å². The van der Waals surface area contributed by atoms with Crippen molar-refractivity contribution in [3.8, 4) is 11.3 Å². The Morgan fingerprint density at radius 2 is 2.00 bits per heavy atom. The van der Waals surface area contributed by atoms with E-state index < -0.39 is 22.8 Å². The average molecular weight is 416 g/mol. The van der Waals surface area contributed by atoms with Crippen molar-refractivity contribution < 1.29 is 14.7 Å². The molecule has 0 spiro atoms. The molecule has 3 atom stereocenters. The number of benzene rings is 1. The maximum absolute atomic E-state index is 12.7. The van der Waals surface area contributed by atoms with Crippen molar-refractivity contribution in [3.05, 3.63) is 36.4 Å². The van der Waals surface area contributed by atoms with Crippen LogP contribution in [0.1, 0.15) is 13.8 Å². The van der Waals surface area contributed by atoms with Crippen LogP contribution in [-0.4, -0.2) is 55.2 Å². The Kier molecular flexibility index (Phi) is 4.75. The van der Waals surface area contributed by atoms with Gasteiger partial charge in [-0.05, 0) is 20.1 Å². The minimum Gasteiger partial charge on any atom is -0.548 e. The maximum atomic E-state index is 12.7. The number of hydrogen-bond acceptors (Lipinski definition) is 8. The molecule has 0 aliphatic carbocycles. The SMILES string of the molecule is CSc1nc(N[C@@H]2C(=O)N3[C@@H]2SC(C)(C)[C@H]3C(=O)[O-])cc(-c2ccccc2)n1. The van der Waals surface area contributed by atoms with Gasteiger partial charge in [-0.15, -0.1) is 11.8 Å². The van der Waals surface area contributed by atoms with Crippen LogP contribution >= 0.6 is 23.5 Å². The molecule has 0 unspecified atom stereocenters. The first-order valence-corrected chi connectivity index (χ1v) is 10.9. The van der Waals surface area contributed by atoms with Crippen LogP contribution in [0, 0.1) is 0 Å². The second-order valence-electron chi connectivity index (χ2n) is 7.19. The number of carbonyl (C=O) groups excluding carboxylic acids is 2. The third-order valence-electron chi connectivity index (χ3n) is 4.93. The predicted octanol–water partition coefficient (Wildman–Crippen LogP) is 1.46. The Morgan fingerprint density at radius 1 is 1.29 bits per heavy atom. The first-order chi connectivity index (χ1) is 13.3. The highest BCUT2D eigenvalue weighted by Crippen LogP contribution is 2.51. The first-order valence-electron chi connectivity index (χ1n) is 8.78. The Morgan fingerprint density at radius 3 is 2.64 bits per heavy atom. The van der Waals surface area contributed by atoms with Gasteiger partial charge in [0.15, 0.2) is 5.16 Å². The summed E-state index contributed by atoms with van der Waals surface area (Å²) in [4.78, 5) is 34.6. The van der Waals surface area contributed by atoms with Crippen molar-refractivity contribution in [2.45, 2.75) is 41.2 Å². The van der Waals surface area contributed by atoms with Gasteiger partial charge in [0.05, 0.1) is 17.7 Å². The number of nitrogens with zero attached hydrogens (tertiary/aromatic N) is 3. The van der Waals surface area contributed by atoms with Crippen molar-refractivity contribution in [1.82, 2.24) is 14.9 Å². The lowest BCUT2D eigenvalue weighted by Crippen LogP contribution is -2.69. The number of carbonyl (C=O) groups is 2. The Bertz CT molecular complexity index is 938. The van der Waals surface area contributed by atoms with Gasteiger partial charge in [0.25, 0.3) is 0 Å². The summed E-state index contributed by atoms with van der Waals surface area (Å²) >= 11 is 2.89. The lowest BCUT2D eigenvalue weighted by molar-refractivity contribution is -0.312. The molecule has 0 radical (unpaired) electrons. The standard InChI is InChI=1S/C19H20N4O3S2/c1-19(2)14(17(25)26)23-15(24)13(16(23)28-19)21-12-9-11(20-18(22-12)27-3)10-7-5-4-6-8-10/h4-9,13-14,16H,1-3H3,(H,25,26)(H,20,21,22)/p-1/t13-,14-,16-/m1/s1. The number of aliphatic carboxylic acids is 1. The van der Waals surface area contributed by atoms with Crippen LogP contribution in [0.25, 0.3) is 11.3 Å². The molecule has 1 aromatic carbocycles. The summed E-state index contributed by atoms with van der Waals surface area (Å²) in [6.45, 7) is 3.65. The lowest BCUT2D eigenvalue weighted by Gasteiger charge is -2.45. The number of aromatic nitrogens is 2. The number of nitrogens with one attached hydrogen (secondary N) is 1. The van der Waals surface area contributed by atoms with Crippen LogP contribution < -0.4 is 10.4 Å². The van der Waals surface area contributed by atoms with Gasteiger partial charge in [-0.3, -0.25) is 4.79 Å². The van der Waals surface area contributed by atoms with E-state index in [0.29, 0.717) is 11.0 Å². The molecule has 7 nitrogen and oxygen atoms in total. The van der Waals surface area contributed by atoms with Crippen molar-refractivity contribution in [2.75, 3.05) is 11.6 Å². The number of rotatable bonds is 5. The fraction of sp³-hybridized carbons (Fsp3) is 0.368. The summed E-state index contributed by atoms with van der Waals surface area (Å²) in [5.74, 6) is -0.917. The number of carboxylic acids is 1. The Hall–Kier alpha value is -2.26. The zero-order valence-corrected chi connectivity index (χ0v) is 17.2. The van der Waals surface area contributed by atoms with Gasteiger partial charge in [0.2, 0.25) is 5.91 Å². The smallest absolute Gasteiger partial charge is 0.249 e. The topological polar surface area (TPSA) is 98.2 Å². The molecule has 2 aliphatic heterocycles. The molecule has 2 aliphatic rings. The minimum atomic E-state index is -1.22. The van der Waals surface area contributed by atoms with E-state index in [1.165, 1.54) is 28.4 Å². The molecule has 2 fully saturated rings. The Balaban J connectivity index is 1.61. The van der Waals surface area contributed by atoms with Crippen LogP contribution in [0.15, 0.2) is 41.6 Å². The van der Waals surface area contributed by atoms with Gasteiger partial charge in [-0.25, -0.2) is 9.97 Å². The number of amides is 1. The normalized spacial score (nSPS) is 25.2. The monoisotopic (exact) mass is 415 g/mol. The molecule has 1 aromatic heterocycles. The molecule has 1 amide bonds. The van der Waals surface area contributed by atoms with Gasteiger partial charge in [0.1, 0.15) is 17.2 Å². The van der Waals surface area contributed by atoms with Crippen LogP contribution in [0.4, 0.5) is 5.82 Å². The van der Waals surface area contributed by atoms with Crippen LogP contribution in [-0.2, 0) is 9.59 Å². The fourth-order valence-electron chi connectivity index (χ4n) is 3.63. The van der Waals surface area contributed by atoms with Crippen LogP contribution in [0.3, 0.4) is 0 Å². The van der Waals surface area contributed by atoms with Gasteiger partial charge >= 0.3 is 0 Å². The summed E-state index contributed by atoms with van der Waals surface area (Å²) < 4.78 is -0.610. The number of β-lactam (4-membered cyclic amide) rings is 1. The van der Waals surface area contributed by atoms with Crippen molar-refractivity contribution in [1.29, 1.82) is 0 Å². The second kappa shape index (κ2) is 6.97. The molecule has 2 saturated heterocycles. The highest BCUT2D eigenvalue weighted by molar-refractivity contribution is 8.01. The summed E-state index contributed by atoms with van der Waals surface area (Å²) in [7, 11) is 0. The molecule has 3 heterocycles. The molecule has 146 valence electrons. The number of thioether (sulfide) groups is 2. The van der Waals surface area contributed by atoms with E-state index in [4.69, 9.17) is 0 Å². The van der Waals surface area contributed by atoms with E-state index in [9.17, 15) is 14.7 Å². The fourth-order valence-corrected chi connectivity index (χ4v) is 5.63. The van der Waals surface area contributed by atoms with Gasteiger partial charge < -0.3 is 20.1 Å². The van der Waals surface area contributed by atoms with E-state index in [1.807, 2.05) is 56.5 Å².